The Bertz CT molecular complexity index is 3920. The van der Waals surface area contributed by atoms with Gasteiger partial charge in [0.05, 0.1) is 31.9 Å². The lowest BCUT2D eigenvalue weighted by molar-refractivity contribution is -0.384. The molecule has 6 aromatic carbocycles. The summed E-state index contributed by atoms with van der Waals surface area (Å²) in [6, 6.07) is 20.1. The van der Waals surface area contributed by atoms with Crippen LogP contribution in [0.3, 0.4) is 0 Å². The number of nitro benzene ring substituents is 1. The van der Waals surface area contributed by atoms with Gasteiger partial charge in [0.15, 0.2) is 0 Å². The quantitative estimate of drug-likeness (QED) is 0.0107. The van der Waals surface area contributed by atoms with Crippen LogP contribution in [0, 0.1) is 10.1 Å². The maximum absolute atomic E-state index is 15.1. The standard InChI is InChI=1S/C58H65N7O6S2/c1-3-5-7-9-11-13-15-17-19-21-31-62(32-22-20-18-16-14-12-10-8-6-4-2)73(70,71)50-30-28-46-54-44(50)33-37(59)34-47(54)63-55(61-46)39-23-26-42-52-40(24-25-41(51(39)52)57(63)66)56-60-45-27-29-49(72)43-35-38(65(68)69)36-48(53(43)45)64(56)58(42)67/h23-30,33-36,72H,3-22,31-32,59H2,1-2H3. The number of pyridine rings is 2. The molecule has 13 nitrogen and oxygen atoms in total. The van der Waals surface area contributed by atoms with Gasteiger partial charge in [-0.1, -0.05) is 129 Å². The second-order valence-corrected chi connectivity index (χ2v) is 22.7. The summed E-state index contributed by atoms with van der Waals surface area (Å²) >= 11 is 4.60. The van der Waals surface area contributed by atoms with E-state index in [4.69, 9.17) is 15.7 Å². The zero-order valence-corrected chi connectivity index (χ0v) is 43.8. The molecule has 73 heavy (non-hydrogen) atoms. The van der Waals surface area contributed by atoms with Crippen LogP contribution in [-0.4, -0.2) is 49.5 Å². The lowest BCUT2D eigenvalue weighted by Crippen LogP contribution is -2.33. The molecule has 0 aliphatic rings. The minimum Gasteiger partial charge on any atom is -0.399 e. The molecule has 10 aromatic rings. The lowest BCUT2D eigenvalue weighted by Gasteiger charge is -2.24. The summed E-state index contributed by atoms with van der Waals surface area (Å²) in [5.41, 5.74) is 8.37. The molecule has 0 fully saturated rings. The normalized spacial score (nSPS) is 12.7. The zero-order chi connectivity index (χ0) is 51.0. The highest BCUT2D eigenvalue weighted by Crippen LogP contribution is 2.41. The third-order valence-electron chi connectivity index (χ3n) is 15.3. The minimum atomic E-state index is -4.03. The van der Waals surface area contributed by atoms with Crippen LogP contribution in [0.15, 0.2) is 92.2 Å². The van der Waals surface area contributed by atoms with Gasteiger partial charge in [-0.25, -0.2) is 18.4 Å². The van der Waals surface area contributed by atoms with E-state index in [0.29, 0.717) is 105 Å². The molecule has 0 atom stereocenters. The predicted octanol–water partition coefficient (Wildman–Crippen LogP) is 14.3. The third kappa shape index (κ3) is 9.30. The molecule has 10 rings (SSSR count). The van der Waals surface area contributed by atoms with E-state index in [1.165, 1.54) is 98.0 Å². The Kier molecular flexibility index (Phi) is 14.7. The molecule has 0 unspecified atom stereocenters. The van der Waals surface area contributed by atoms with Crippen LogP contribution < -0.4 is 16.9 Å². The number of non-ortho nitro benzene ring substituents is 1. The maximum atomic E-state index is 15.1. The van der Waals surface area contributed by atoms with Crippen molar-refractivity contribution in [2.45, 2.75) is 152 Å². The first-order chi connectivity index (χ1) is 35.4. The number of sulfonamides is 1. The fraction of sp³-hybridized carbons (Fsp3) is 0.414. The molecule has 15 heteroatoms. The second kappa shape index (κ2) is 21.4. The molecular weight excluding hydrogens is 955 g/mol. The summed E-state index contributed by atoms with van der Waals surface area (Å²) in [7, 11) is -4.03. The number of aromatic nitrogens is 4. The van der Waals surface area contributed by atoms with Crippen LogP contribution in [-0.2, 0) is 10.0 Å². The van der Waals surface area contributed by atoms with Crippen LogP contribution in [0.2, 0.25) is 0 Å². The van der Waals surface area contributed by atoms with Crippen molar-refractivity contribution in [2.75, 3.05) is 18.8 Å². The molecule has 0 aliphatic heterocycles. The molecule has 380 valence electrons. The van der Waals surface area contributed by atoms with Crippen molar-refractivity contribution < 1.29 is 13.3 Å². The van der Waals surface area contributed by atoms with E-state index < -0.39 is 26.1 Å². The van der Waals surface area contributed by atoms with E-state index in [1.54, 1.807) is 65.0 Å². The third-order valence-corrected chi connectivity index (χ3v) is 17.7. The number of nitrogens with two attached hydrogens (primary N) is 1. The average Bonchev–Trinajstić information content (AvgIpc) is 3.38. The van der Waals surface area contributed by atoms with Gasteiger partial charge >= 0.3 is 0 Å². The molecule has 0 saturated heterocycles. The molecular formula is C58H65N7O6S2. The van der Waals surface area contributed by atoms with Crippen LogP contribution in [0.4, 0.5) is 11.4 Å². The molecule has 4 aromatic heterocycles. The Labute approximate surface area is 430 Å². The summed E-state index contributed by atoms with van der Waals surface area (Å²) in [6.07, 6.45) is 23.1. The Morgan fingerprint density at radius 2 is 0.986 bits per heavy atom. The number of rotatable bonds is 25. The lowest BCUT2D eigenvalue weighted by atomic mass is 9.95. The smallest absolute Gasteiger partial charge is 0.272 e. The molecule has 4 heterocycles. The van der Waals surface area contributed by atoms with Crippen molar-refractivity contribution in [3.63, 3.8) is 0 Å². The summed E-state index contributed by atoms with van der Waals surface area (Å²) in [5.74, 6) is 0. The van der Waals surface area contributed by atoms with Gasteiger partial charge in [0.1, 0.15) is 11.3 Å². The number of nitro groups is 1. The zero-order valence-electron chi connectivity index (χ0n) is 42.1. The van der Waals surface area contributed by atoms with E-state index in [9.17, 15) is 14.9 Å². The van der Waals surface area contributed by atoms with E-state index in [1.807, 2.05) is 0 Å². The Morgan fingerprint density at radius 3 is 1.48 bits per heavy atom. The van der Waals surface area contributed by atoms with Crippen LogP contribution >= 0.6 is 12.6 Å². The molecule has 0 bridgehead atoms. The van der Waals surface area contributed by atoms with Crippen molar-refractivity contribution in [1.29, 1.82) is 0 Å². The number of benzene rings is 6. The highest BCUT2D eigenvalue weighted by atomic mass is 32.2. The number of hydrogen-bond donors (Lipinski definition) is 2. The van der Waals surface area contributed by atoms with Crippen molar-refractivity contribution >= 4 is 121 Å². The number of thiol groups is 1. The number of fused-ring (bicyclic) bond motifs is 6. The maximum Gasteiger partial charge on any atom is 0.272 e. The Balaban J connectivity index is 1.04. The van der Waals surface area contributed by atoms with Gasteiger partial charge < -0.3 is 5.73 Å². The molecule has 2 N–H and O–H groups in total. The van der Waals surface area contributed by atoms with Gasteiger partial charge in [-0.15, -0.1) is 12.6 Å². The van der Waals surface area contributed by atoms with Gasteiger partial charge in [-0.2, -0.15) is 4.31 Å². The van der Waals surface area contributed by atoms with E-state index >= 15 is 13.2 Å². The van der Waals surface area contributed by atoms with Crippen molar-refractivity contribution in [3.8, 4) is 0 Å². The van der Waals surface area contributed by atoms with Crippen molar-refractivity contribution in [2.24, 2.45) is 0 Å². The minimum absolute atomic E-state index is 0.144. The first kappa shape index (κ1) is 50.4. The second-order valence-electron chi connectivity index (χ2n) is 20.3. The number of anilines is 1. The molecule has 0 spiro atoms. The molecule has 0 amide bonds. The monoisotopic (exact) mass is 1020 g/mol. The van der Waals surface area contributed by atoms with Crippen LogP contribution in [0.1, 0.15) is 142 Å². The summed E-state index contributed by atoms with van der Waals surface area (Å²) < 4.78 is 34.8. The van der Waals surface area contributed by atoms with Gasteiger partial charge in [0.2, 0.25) is 10.0 Å². The van der Waals surface area contributed by atoms with E-state index in [2.05, 4.69) is 26.5 Å². The summed E-state index contributed by atoms with van der Waals surface area (Å²) in [5, 5.41) is 17.1. The molecule has 0 saturated carbocycles. The van der Waals surface area contributed by atoms with Gasteiger partial charge in [-0.05, 0) is 73.5 Å². The van der Waals surface area contributed by atoms with Crippen molar-refractivity contribution in [3.05, 3.63) is 104 Å². The SMILES string of the molecule is CCCCCCCCCCCCN(CCCCCCCCCCCC)S(=O)(=O)c1ccc2nc3c4ccc5c(=O)n6c7cc([N+](=O)[O-])cc8c(S)ccc(nc6c6ccc(c(=O)n3c3cc(N)cc1c23)c4c56)c87. The van der Waals surface area contributed by atoms with Gasteiger partial charge in [0.25, 0.3) is 16.8 Å². The fourth-order valence-electron chi connectivity index (χ4n) is 11.6. The van der Waals surface area contributed by atoms with Crippen LogP contribution in [0.5, 0.6) is 0 Å². The fourth-order valence-corrected chi connectivity index (χ4v) is 13.5. The predicted molar refractivity (Wildman–Crippen MR) is 302 cm³/mol. The molecule has 0 aliphatic carbocycles. The van der Waals surface area contributed by atoms with Gasteiger partial charge in [-0.3, -0.25) is 28.5 Å². The Hall–Kier alpha value is -6.16. The van der Waals surface area contributed by atoms with Crippen molar-refractivity contribution in [1.82, 2.24) is 23.1 Å². The average molecular weight is 1020 g/mol. The summed E-state index contributed by atoms with van der Waals surface area (Å²) in [4.78, 5) is 52.4. The largest absolute Gasteiger partial charge is 0.399 e. The number of nitrogen functional groups attached to an aromatic ring is 1. The van der Waals surface area contributed by atoms with Gasteiger partial charge in [0, 0.05) is 89.7 Å². The number of unbranched alkanes of at least 4 members (excludes halogenated alkanes) is 18. The first-order valence-electron chi connectivity index (χ1n) is 26.7. The molecule has 0 radical (unpaired) electrons. The topological polar surface area (TPSA) is 175 Å². The summed E-state index contributed by atoms with van der Waals surface area (Å²) in [6.45, 7) is 5.33. The first-order valence-corrected chi connectivity index (χ1v) is 28.6. The van der Waals surface area contributed by atoms with Crippen LogP contribution in [0.25, 0.3) is 87.2 Å². The highest BCUT2D eigenvalue weighted by Gasteiger charge is 2.29. The van der Waals surface area contributed by atoms with E-state index in [0.717, 1.165) is 51.4 Å². The number of hydrogen-bond acceptors (Lipinski definition) is 10. The number of nitrogens with zero attached hydrogens (tertiary/aromatic N) is 6. The van der Waals surface area contributed by atoms with E-state index in [-0.39, 0.29) is 16.2 Å². The highest BCUT2D eigenvalue weighted by molar-refractivity contribution is 7.89. The Morgan fingerprint density at radius 1 is 0.548 bits per heavy atom.